The van der Waals surface area contributed by atoms with Crippen LogP contribution in [0.3, 0.4) is 0 Å². The normalized spacial score (nSPS) is 12.4. The fourth-order valence-corrected chi connectivity index (χ4v) is 2.35. The van der Waals surface area contributed by atoms with Crippen LogP contribution in [0, 0.1) is 20.8 Å². The topological polar surface area (TPSA) is 25.8 Å². The van der Waals surface area contributed by atoms with Gasteiger partial charge in [0.05, 0.1) is 11.4 Å². The fraction of sp³-hybridized carbons (Fsp3) is 0.286. The van der Waals surface area contributed by atoms with Crippen molar-refractivity contribution in [3.05, 3.63) is 46.5 Å². The van der Waals surface area contributed by atoms with Crippen LogP contribution in [-0.2, 0) is 6.42 Å². The quantitative estimate of drug-likeness (QED) is 0.570. The minimum atomic E-state index is 0.881. The summed E-state index contributed by atoms with van der Waals surface area (Å²) in [7, 11) is 0. The molecular weight excluding hydrogens is 196 g/mol. The number of aryl methyl sites for hydroxylation is 2. The molecule has 2 nitrogen and oxygen atoms in total. The molecule has 0 bridgehead atoms. The molecule has 0 fully saturated rings. The van der Waals surface area contributed by atoms with Gasteiger partial charge in [0, 0.05) is 29.9 Å². The van der Waals surface area contributed by atoms with E-state index < -0.39 is 0 Å². The third-order valence-corrected chi connectivity index (χ3v) is 3.38. The zero-order valence-corrected chi connectivity index (χ0v) is 9.83. The predicted octanol–water partition coefficient (Wildman–Crippen LogP) is 2.97. The van der Waals surface area contributed by atoms with Crippen molar-refractivity contribution in [3.8, 4) is 11.1 Å². The number of aromatic nitrogens is 2. The predicted molar refractivity (Wildman–Crippen MR) is 64.5 cm³/mol. The highest BCUT2D eigenvalue weighted by Gasteiger charge is 2.23. The van der Waals surface area contributed by atoms with Crippen molar-refractivity contribution in [1.29, 1.82) is 0 Å². The molecule has 2 aromatic heterocycles. The summed E-state index contributed by atoms with van der Waals surface area (Å²) >= 11 is 0. The van der Waals surface area contributed by atoms with Crippen molar-refractivity contribution >= 4 is 0 Å². The van der Waals surface area contributed by atoms with Crippen molar-refractivity contribution in [2.75, 3.05) is 0 Å². The van der Waals surface area contributed by atoms with Gasteiger partial charge in [0.25, 0.3) is 0 Å². The van der Waals surface area contributed by atoms with Crippen LogP contribution < -0.4 is 0 Å². The Kier molecular flexibility index (Phi) is 1.87. The van der Waals surface area contributed by atoms with E-state index in [2.05, 4.69) is 36.8 Å². The van der Waals surface area contributed by atoms with Gasteiger partial charge in [0.1, 0.15) is 0 Å². The average Bonchev–Trinajstić information content (AvgIpc) is 2.62. The Labute approximate surface area is 95.4 Å². The highest BCUT2D eigenvalue weighted by atomic mass is 14.7. The average molecular weight is 210 g/mol. The highest BCUT2D eigenvalue weighted by molar-refractivity contribution is 5.77. The molecule has 3 rings (SSSR count). The van der Waals surface area contributed by atoms with Crippen molar-refractivity contribution in [2.45, 2.75) is 27.2 Å². The van der Waals surface area contributed by atoms with Crippen LogP contribution in [0.2, 0.25) is 0 Å². The lowest BCUT2D eigenvalue weighted by molar-refractivity contribution is 1.05. The van der Waals surface area contributed by atoms with Gasteiger partial charge < -0.3 is 0 Å². The molecule has 16 heavy (non-hydrogen) atoms. The molecule has 0 saturated carbocycles. The summed E-state index contributed by atoms with van der Waals surface area (Å²) in [6.07, 6.45) is 4.78. The van der Waals surface area contributed by atoms with E-state index >= 15 is 0 Å². The van der Waals surface area contributed by atoms with E-state index in [1.807, 2.05) is 12.4 Å². The maximum atomic E-state index is 4.52. The van der Waals surface area contributed by atoms with E-state index in [4.69, 9.17) is 0 Å². The van der Waals surface area contributed by atoms with Gasteiger partial charge in [0.2, 0.25) is 0 Å². The Hall–Kier alpha value is -1.70. The molecule has 2 heterocycles. The summed E-state index contributed by atoms with van der Waals surface area (Å²) in [4.78, 5) is 9.03. The fourth-order valence-electron chi connectivity index (χ4n) is 2.35. The Morgan fingerprint density at radius 1 is 1.00 bits per heavy atom. The zero-order chi connectivity index (χ0) is 11.3. The van der Waals surface area contributed by atoms with Crippen LogP contribution >= 0.6 is 0 Å². The minimum absolute atomic E-state index is 0.881. The maximum absolute atomic E-state index is 4.52. The smallest absolute Gasteiger partial charge is 0.0545 e. The SMILES string of the molecule is Cc1cnc2c(c1)-c1c(ncc(C)c1C)C2. The lowest BCUT2D eigenvalue weighted by Crippen LogP contribution is -1.92. The summed E-state index contributed by atoms with van der Waals surface area (Å²) in [6.45, 7) is 6.38. The second-order valence-corrected chi connectivity index (χ2v) is 4.57. The van der Waals surface area contributed by atoms with Crippen molar-refractivity contribution in [1.82, 2.24) is 9.97 Å². The van der Waals surface area contributed by atoms with Crippen LogP contribution in [0.1, 0.15) is 28.1 Å². The number of nitrogens with zero attached hydrogens (tertiary/aromatic N) is 2. The summed E-state index contributed by atoms with van der Waals surface area (Å²) in [5.74, 6) is 0. The van der Waals surface area contributed by atoms with E-state index in [9.17, 15) is 0 Å². The van der Waals surface area contributed by atoms with Crippen LogP contribution in [0.25, 0.3) is 11.1 Å². The molecule has 0 aromatic carbocycles. The number of pyridine rings is 2. The first-order valence-electron chi connectivity index (χ1n) is 5.58. The van der Waals surface area contributed by atoms with E-state index in [1.54, 1.807) is 0 Å². The number of rotatable bonds is 0. The lowest BCUT2D eigenvalue weighted by atomic mass is 10.0. The molecule has 1 aliphatic rings. The van der Waals surface area contributed by atoms with E-state index in [1.165, 1.54) is 39.2 Å². The monoisotopic (exact) mass is 210 g/mol. The largest absolute Gasteiger partial charge is 0.260 e. The molecule has 0 amide bonds. The summed E-state index contributed by atoms with van der Waals surface area (Å²) in [5, 5.41) is 0. The van der Waals surface area contributed by atoms with Gasteiger partial charge in [-0.15, -0.1) is 0 Å². The summed E-state index contributed by atoms with van der Waals surface area (Å²) in [6, 6.07) is 2.22. The first-order valence-corrected chi connectivity index (χ1v) is 5.58. The molecule has 0 N–H and O–H groups in total. The van der Waals surface area contributed by atoms with Gasteiger partial charge in [-0.05, 0) is 43.5 Å². The zero-order valence-electron chi connectivity index (χ0n) is 9.83. The molecule has 1 aliphatic carbocycles. The van der Waals surface area contributed by atoms with Crippen molar-refractivity contribution < 1.29 is 0 Å². The molecular formula is C14H14N2. The molecule has 80 valence electrons. The standard InChI is InChI=1S/C14H14N2/c1-8-4-11-12(15-6-8)5-13-14(11)10(3)9(2)7-16-13/h4,6-7H,5H2,1-3H3. The van der Waals surface area contributed by atoms with E-state index in [0.29, 0.717) is 0 Å². The maximum Gasteiger partial charge on any atom is 0.0545 e. The highest BCUT2D eigenvalue weighted by Crippen LogP contribution is 2.37. The molecule has 0 radical (unpaired) electrons. The Bertz CT molecular complexity index is 586. The minimum Gasteiger partial charge on any atom is -0.260 e. The molecule has 0 spiro atoms. The number of fused-ring (bicyclic) bond motifs is 3. The van der Waals surface area contributed by atoms with Gasteiger partial charge in [-0.3, -0.25) is 9.97 Å². The molecule has 0 saturated heterocycles. The Morgan fingerprint density at radius 2 is 1.75 bits per heavy atom. The van der Waals surface area contributed by atoms with Crippen LogP contribution in [0.15, 0.2) is 18.5 Å². The third kappa shape index (κ3) is 1.19. The first-order chi connectivity index (χ1) is 7.66. The van der Waals surface area contributed by atoms with Crippen LogP contribution in [0.5, 0.6) is 0 Å². The van der Waals surface area contributed by atoms with E-state index in [0.717, 1.165) is 6.42 Å². The van der Waals surface area contributed by atoms with Gasteiger partial charge in [0.15, 0.2) is 0 Å². The van der Waals surface area contributed by atoms with Crippen molar-refractivity contribution in [3.63, 3.8) is 0 Å². The molecule has 0 atom stereocenters. The third-order valence-electron chi connectivity index (χ3n) is 3.38. The molecule has 2 heteroatoms. The van der Waals surface area contributed by atoms with Crippen LogP contribution in [-0.4, -0.2) is 9.97 Å². The second-order valence-electron chi connectivity index (χ2n) is 4.57. The number of hydrogen-bond acceptors (Lipinski definition) is 2. The second kappa shape index (κ2) is 3.14. The Balaban J connectivity index is 2.34. The molecule has 0 unspecified atom stereocenters. The first kappa shape index (κ1) is 9.52. The van der Waals surface area contributed by atoms with Crippen molar-refractivity contribution in [2.24, 2.45) is 0 Å². The van der Waals surface area contributed by atoms with E-state index in [-0.39, 0.29) is 0 Å². The van der Waals surface area contributed by atoms with Gasteiger partial charge in [-0.1, -0.05) is 0 Å². The van der Waals surface area contributed by atoms with Gasteiger partial charge in [-0.25, -0.2) is 0 Å². The lowest BCUT2D eigenvalue weighted by Gasteiger charge is -2.07. The molecule has 2 aromatic rings. The van der Waals surface area contributed by atoms with Crippen LogP contribution in [0.4, 0.5) is 0 Å². The molecule has 0 aliphatic heterocycles. The summed E-state index contributed by atoms with van der Waals surface area (Å²) in [5.41, 5.74) is 8.75. The van der Waals surface area contributed by atoms with Gasteiger partial charge >= 0.3 is 0 Å². The number of hydrogen-bond donors (Lipinski definition) is 0. The van der Waals surface area contributed by atoms with Gasteiger partial charge in [-0.2, -0.15) is 0 Å². The Morgan fingerprint density at radius 3 is 2.56 bits per heavy atom. The summed E-state index contributed by atoms with van der Waals surface area (Å²) < 4.78 is 0.